The molecule has 1 aliphatic rings. The van der Waals surface area contributed by atoms with Gasteiger partial charge < -0.3 is 5.21 Å². The van der Waals surface area contributed by atoms with E-state index in [9.17, 15) is 0 Å². The third kappa shape index (κ3) is 2.22. The first-order valence-electron chi connectivity index (χ1n) is 4.26. The zero-order valence-electron chi connectivity index (χ0n) is 7.45. The normalized spacial score (nSPS) is 24.1. The summed E-state index contributed by atoms with van der Waals surface area (Å²) in [5, 5.41) is 11.3. The Bertz CT molecular complexity index is 228. The van der Waals surface area contributed by atoms with Crippen LogP contribution in [0.1, 0.15) is 26.2 Å². The average molecular weight is 165 g/mol. The van der Waals surface area contributed by atoms with Crippen molar-refractivity contribution >= 4 is 6.21 Å². The van der Waals surface area contributed by atoms with Crippen molar-refractivity contribution in [2.24, 2.45) is 11.1 Å². The van der Waals surface area contributed by atoms with Crippen molar-refractivity contribution in [1.82, 2.24) is 0 Å². The highest BCUT2D eigenvalue weighted by molar-refractivity contribution is 5.78. The monoisotopic (exact) mass is 165 g/mol. The van der Waals surface area contributed by atoms with Gasteiger partial charge in [0.15, 0.2) is 0 Å². The molecule has 1 N–H and O–H groups in total. The predicted molar refractivity (Wildman–Crippen MR) is 50.5 cm³/mol. The molecule has 2 nitrogen and oxygen atoms in total. The lowest BCUT2D eigenvalue weighted by atomic mass is 9.86. The van der Waals surface area contributed by atoms with E-state index in [2.05, 4.69) is 24.7 Å². The largest absolute Gasteiger partial charge is 0.411 e. The van der Waals surface area contributed by atoms with Gasteiger partial charge in [0.1, 0.15) is 0 Å². The molecular weight excluding hydrogens is 150 g/mol. The zero-order chi connectivity index (χ0) is 8.97. The Labute approximate surface area is 73.3 Å². The first kappa shape index (κ1) is 9.04. The van der Waals surface area contributed by atoms with Crippen LogP contribution in [-0.2, 0) is 0 Å². The smallest absolute Gasteiger partial charge is 0.0690 e. The van der Waals surface area contributed by atoms with Crippen LogP contribution < -0.4 is 0 Å². The molecule has 0 aromatic rings. The maximum Gasteiger partial charge on any atom is 0.0690 e. The third-order valence-corrected chi connectivity index (χ3v) is 2.37. The molecule has 0 bridgehead atoms. The minimum atomic E-state index is 0.626. The molecule has 0 saturated carbocycles. The van der Waals surface area contributed by atoms with Gasteiger partial charge >= 0.3 is 0 Å². The van der Waals surface area contributed by atoms with E-state index in [4.69, 9.17) is 5.21 Å². The Kier molecular flexibility index (Phi) is 3.09. The summed E-state index contributed by atoms with van der Waals surface area (Å²) in [6, 6.07) is 0. The second-order valence-electron chi connectivity index (χ2n) is 3.34. The predicted octanol–water partition coefficient (Wildman–Crippen LogP) is 2.75. The van der Waals surface area contributed by atoms with E-state index >= 15 is 0 Å². The maximum atomic E-state index is 8.30. The number of allylic oxidation sites excluding steroid dienone is 3. The zero-order valence-corrected chi connectivity index (χ0v) is 7.45. The molecule has 0 heterocycles. The number of hydrogen-bond acceptors (Lipinski definition) is 2. The van der Waals surface area contributed by atoms with Gasteiger partial charge in [-0.2, -0.15) is 0 Å². The van der Waals surface area contributed by atoms with Gasteiger partial charge in [-0.3, -0.25) is 0 Å². The maximum absolute atomic E-state index is 8.30. The van der Waals surface area contributed by atoms with Crippen molar-refractivity contribution in [3.8, 4) is 0 Å². The van der Waals surface area contributed by atoms with E-state index in [1.807, 2.05) is 0 Å². The average Bonchev–Trinajstić information content (AvgIpc) is 2.06. The number of hydrogen-bond donors (Lipinski definition) is 1. The van der Waals surface area contributed by atoms with E-state index in [-0.39, 0.29) is 0 Å². The SMILES string of the molecule is C=C(C)[C@H]1CC=C(/C=N/O)CC1. The van der Waals surface area contributed by atoms with Crippen LogP contribution in [0.4, 0.5) is 0 Å². The molecule has 66 valence electrons. The second kappa shape index (κ2) is 4.10. The molecule has 0 unspecified atom stereocenters. The van der Waals surface area contributed by atoms with Crippen molar-refractivity contribution in [3.05, 3.63) is 23.8 Å². The highest BCUT2D eigenvalue weighted by atomic mass is 16.4. The molecule has 1 atom stereocenters. The lowest BCUT2D eigenvalue weighted by molar-refractivity contribution is 0.321. The fraction of sp³-hybridized carbons (Fsp3) is 0.500. The Balaban J connectivity index is 2.53. The van der Waals surface area contributed by atoms with Crippen molar-refractivity contribution in [2.45, 2.75) is 26.2 Å². The van der Waals surface area contributed by atoms with Gasteiger partial charge in [0.2, 0.25) is 0 Å². The molecule has 0 spiro atoms. The lowest BCUT2D eigenvalue weighted by Crippen LogP contribution is -2.06. The van der Waals surface area contributed by atoms with E-state index in [1.54, 1.807) is 0 Å². The first-order valence-corrected chi connectivity index (χ1v) is 4.26. The summed E-state index contributed by atoms with van der Waals surface area (Å²) in [5.74, 6) is 0.626. The molecule has 1 rings (SSSR count). The summed E-state index contributed by atoms with van der Waals surface area (Å²) in [7, 11) is 0. The van der Waals surface area contributed by atoms with E-state index in [1.165, 1.54) is 11.8 Å². The van der Waals surface area contributed by atoms with Crippen molar-refractivity contribution in [1.29, 1.82) is 0 Å². The summed E-state index contributed by atoms with van der Waals surface area (Å²) >= 11 is 0. The van der Waals surface area contributed by atoms with Gasteiger partial charge in [-0.05, 0) is 37.7 Å². The lowest BCUT2D eigenvalue weighted by Gasteiger charge is -2.19. The summed E-state index contributed by atoms with van der Waals surface area (Å²) < 4.78 is 0. The minimum Gasteiger partial charge on any atom is -0.411 e. The second-order valence-corrected chi connectivity index (χ2v) is 3.34. The summed E-state index contributed by atoms with van der Waals surface area (Å²) in [5.41, 5.74) is 2.39. The fourth-order valence-electron chi connectivity index (χ4n) is 1.49. The fourth-order valence-corrected chi connectivity index (χ4v) is 1.49. The summed E-state index contributed by atoms with van der Waals surface area (Å²) in [6.45, 7) is 6.01. The van der Waals surface area contributed by atoms with Gasteiger partial charge in [-0.1, -0.05) is 23.4 Å². The Morgan fingerprint density at radius 2 is 2.58 bits per heavy atom. The Morgan fingerprint density at radius 1 is 1.83 bits per heavy atom. The van der Waals surface area contributed by atoms with Crippen molar-refractivity contribution in [3.63, 3.8) is 0 Å². The van der Waals surface area contributed by atoms with Crippen LogP contribution >= 0.6 is 0 Å². The van der Waals surface area contributed by atoms with Gasteiger partial charge in [-0.15, -0.1) is 0 Å². The quantitative estimate of drug-likeness (QED) is 0.290. The highest BCUT2D eigenvalue weighted by Crippen LogP contribution is 2.27. The van der Waals surface area contributed by atoms with Crippen molar-refractivity contribution < 1.29 is 5.21 Å². The van der Waals surface area contributed by atoms with Gasteiger partial charge in [0.05, 0.1) is 6.21 Å². The third-order valence-electron chi connectivity index (χ3n) is 2.37. The molecule has 12 heavy (non-hydrogen) atoms. The Morgan fingerprint density at radius 3 is 3.00 bits per heavy atom. The van der Waals surface area contributed by atoms with Crippen LogP contribution in [0.2, 0.25) is 0 Å². The van der Waals surface area contributed by atoms with Gasteiger partial charge in [0.25, 0.3) is 0 Å². The highest BCUT2D eigenvalue weighted by Gasteiger charge is 2.13. The van der Waals surface area contributed by atoms with Gasteiger partial charge in [-0.25, -0.2) is 0 Å². The molecule has 0 saturated heterocycles. The molecule has 0 fully saturated rings. The molecule has 0 amide bonds. The van der Waals surface area contributed by atoms with E-state index in [0.29, 0.717) is 5.92 Å². The summed E-state index contributed by atoms with van der Waals surface area (Å²) in [6.07, 6.45) is 6.82. The molecule has 2 heteroatoms. The molecule has 0 aromatic carbocycles. The minimum absolute atomic E-state index is 0.626. The number of oxime groups is 1. The van der Waals surface area contributed by atoms with E-state index < -0.39 is 0 Å². The molecule has 0 aliphatic heterocycles. The van der Waals surface area contributed by atoms with Crippen LogP contribution in [0.5, 0.6) is 0 Å². The molecule has 0 aromatic heterocycles. The standard InChI is InChI=1S/C10H15NO/c1-8(2)10-5-3-9(4-6-10)7-11-12/h3,7,10,12H,1,4-6H2,2H3/b11-7+/t10-/m0/s1. The van der Waals surface area contributed by atoms with E-state index in [0.717, 1.165) is 24.8 Å². The van der Waals surface area contributed by atoms with Crippen LogP contribution in [-0.4, -0.2) is 11.4 Å². The summed E-state index contributed by atoms with van der Waals surface area (Å²) in [4.78, 5) is 0. The molecule has 1 aliphatic carbocycles. The molecular formula is C10H15NO. The van der Waals surface area contributed by atoms with Crippen LogP contribution in [0.25, 0.3) is 0 Å². The van der Waals surface area contributed by atoms with Crippen molar-refractivity contribution in [2.75, 3.05) is 0 Å². The Hall–Kier alpha value is -1.05. The van der Waals surface area contributed by atoms with Crippen LogP contribution in [0.15, 0.2) is 29.0 Å². The first-order chi connectivity index (χ1) is 5.74. The van der Waals surface area contributed by atoms with Crippen LogP contribution in [0, 0.1) is 5.92 Å². The topological polar surface area (TPSA) is 32.6 Å². The number of rotatable bonds is 2. The van der Waals surface area contributed by atoms with Crippen LogP contribution in [0.3, 0.4) is 0 Å². The molecule has 0 radical (unpaired) electrons. The number of nitrogens with zero attached hydrogens (tertiary/aromatic N) is 1. The van der Waals surface area contributed by atoms with Gasteiger partial charge in [0, 0.05) is 0 Å².